The zero-order valence-corrected chi connectivity index (χ0v) is 14.5. The molecular formula is C19H22N4O3. The molecule has 2 aromatic rings. The Balaban J connectivity index is 1.36. The molecule has 3 rings (SSSR count). The number of carbonyl (C=O) groups is 2. The molecule has 0 saturated carbocycles. The van der Waals surface area contributed by atoms with Crippen molar-refractivity contribution in [3.63, 3.8) is 0 Å². The van der Waals surface area contributed by atoms with E-state index in [4.69, 9.17) is 4.74 Å². The van der Waals surface area contributed by atoms with Crippen molar-refractivity contribution in [2.75, 3.05) is 19.7 Å². The summed E-state index contributed by atoms with van der Waals surface area (Å²) in [5, 5.41) is 2.89. The summed E-state index contributed by atoms with van der Waals surface area (Å²) in [5.74, 6) is 0.329. The molecule has 0 aromatic carbocycles. The zero-order chi connectivity index (χ0) is 18.2. The summed E-state index contributed by atoms with van der Waals surface area (Å²) in [6, 6.07) is 9.25. The Kier molecular flexibility index (Phi) is 6.14. The standard InChI is InChI=1S/C19H22N4O3/c24-18-11-15(13-23(18)14-16-5-1-2-8-21-16)19(25)22-9-4-10-26-17-6-3-7-20-12-17/h1-3,5-8,12,15H,4,9-11,13-14H2,(H,22,25)/t15-/m1/s1. The first-order valence-corrected chi connectivity index (χ1v) is 8.70. The van der Waals surface area contributed by atoms with Gasteiger partial charge >= 0.3 is 0 Å². The van der Waals surface area contributed by atoms with Crippen LogP contribution in [0.1, 0.15) is 18.5 Å². The smallest absolute Gasteiger partial charge is 0.225 e. The molecule has 0 aliphatic carbocycles. The van der Waals surface area contributed by atoms with E-state index in [9.17, 15) is 9.59 Å². The Hall–Kier alpha value is -2.96. The fourth-order valence-electron chi connectivity index (χ4n) is 2.84. The molecule has 0 bridgehead atoms. The summed E-state index contributed by atoms with van der Waals surface area (Å²) >= 11 is 0. The predicted molar refractivity (Wildman–Crippen MR) is 95.1 cm³/mol. The van der Waals surface area contributed by atoms with Gasteiger partial charge in [-0.1, -0.05) is 6.07 Å². The van der Waals surface area contributed by atoms with E-state index in [0.29, 0.717) is 38.4 Å². The minimum Gasteiger partial charge on any atom is -0.492 e. The van der Waals surface area contributed by atoms with Crippen LogP contribution in [-0.2, 0) is 16.1 Å². The van der Waals surface area contributed by atoms with Gasteiger partial charge in [0.15, 0.2) is 0 Å². The fourth-order valence-corrected chi connectivity index (χ4v) is 2.84. The van der Waals surface area contributed by atoms with Gasteiger partial charge < -0.3 is 15.0 Å². The molecule has 1 fully saturated rings. The molecule has 2 amide bonds. The molecule has 1 aliphatic heterocycles. The van der Waals surface area contributed by atoms with E-state index >= 15 is 0 Å². The van der Waals surface area contributed by atoms with Crippen molar-refractivity contribution in [2.45, 2.75) is 19.4 Å². The molecule has 2 aromatic heterocycles. The van der Waals surface area contributed by atoms with Crippen molar-refractivity contribution in [1.82, 2.24) is 20.2 Å². The third-order valence-corrected chi connectivity index (χ3v) is 4.19. The summed E-state index contributed by atoms with van der Waals surface area (Å²) in [4.78, 5) is 34.3. The monoisotopic (exact) mass is 354 g/mol. The van der Waals surface area contributed by atoms with Crippen molar-refractivity contribution in [3.8, 4) is 5.75 Å². The van der Waals surface area contributed by atoms with Crippen LogP contribution >= 0.6 is 0 Å². The summed E-state index contributed by atoms with van der Waals surface area (Å²) in [5.41, 5.74) is 0.828. The number of aromatic nitrogens is 2. The minimum absolute atomic E-state index is 0.00397. The second-order valence-corrected chi connectivity index (χ2v) is 6.18. The van der Waals surface area contributed by atoms with Gasteiger partial charge in [-0.15, -0.1) is 0 Å². The van der Waals surface area contributed by atoms with Crippen LogP contribution in [-0.4, -0.2) is 46.4 Å². The van der Waals surface area contributed by atoms with E-state index in [1.807, 2.05) is 30.3 Å². The first-order valence-electron chi connectivity index (χ1n) is 8.70. The number of ether oxygens (including phenoxy) is 1. The van der Waals surface area contributed by atoms with Gasteiger partial charge in [0.05, 0.1) is 31.0 Å². The third kappa shape index (κ3) is 5.02. The first kappa shape index (κ1) is 17.8. The van der Waals surface area contributed by atoms with E-state index in [1.165, 1.54) is 0 Å². The Morgan fingerprint density at radius 2 is 2.19 bits per heavy atom. The number of hydrogen-bond acceptors (Lipinski definition) is 5. The lowest BCUT2D eigenvalue weighted by Gasteiger charge is -2.16. The predicted octanol–water partition coefficient (Wildman–Crippen LogP) is 1.41. The maximum Gasteiger partial charge on any atom is 0.225 e. The fraction of sp³-hybridized carbons (Fsp3) is 0.368. The highest BCUT2D eigenvalue weighted by Gasteiger charge is 2.34. The molecule has 0 spiro atoms. The van der Waals surface area contributed by atoms with Crippen LogP contribution in [0, 0.1) is 5.92 Å². The normalized spacial score (nSPS) is 16.5. The summed E-state index contributed by atoms with van der Waals surface area (Å²) < 4.78 is 5.53. The third-order valence-electron chi connectivity index (χ3n) is 4.19. The number of hydrogen-bond donors (Lipinski definition) is 1. The van der Waals surface area contributed by atoms with E-state index in [2.05, 4.69) is 15.3 Å². The lowest BCUT2D eigenvalue weighted by atomic mass is 10.1. The Morgan fingerprint density at radius 1 is 1.27 bits per heavy atom. The lowest BCUT2D eigenvalue weighted by molar-refractivity contribution is -0.129. The first-order chi connectivity index (χ1) is 12.7. The van der Waals surface area contributed by atoms with Gasteiger partial charge in [0.1, 0.15) is 5.75 Å². The molecule has 1 saturated heterocycles. The molecule has 136 valence electrons. The quantitative estimate of drug-likeness (QED) is 0.725. The lowest BCUT2D eigenvalue weighted by Crippen LogP contribution is -2.34. The number of likely N-dealkylation sites (tertiary alicyclic amines) is 1. The zero-order valence-electron chi connectivity index (χ0n) is 14.5. The largest absolute Gasteiger partial charge is 0.492 e. The Morgan fingerprint density at radius 3 is 2.96 bits per heavy atom. The molecule has 7 nitrogen and oxygen atoms in total. The van der Waals surface area contributed by atoms with Crippen LogP contribution in [0.5, 0.6) is 5.75 Å². The van der Waals surface area contributed by atoms with Gasteiger partial charge in [0.25, 0.3) is 0 Å². The average Bonchev–Trinajstić information content (AvgIpc) is 3.03. The molecule has 0 radical (unpaired) electrons. The molecule has 1 aliphatic rings. The van der Waals surface area contributed by atoms with Crippen molar-refractivity contribution in [3.05, 3.63) is 54.6 Å². The Labute approximate surface area is 152 Å². The molecule has 0 unspecified atom stereocenters. The van der Waals surface area contributed by atoms with Crippen LogP contribution in [0.15, 0.2) is 48.9 Å². The molecule has 7 heteroatoms. The van der Waals surface area contributed by atoms with Gasteiger partial charge in [-0.3, -0.25) is 19.6 Å². The molecule has 3 heterocycles. The molecule has 1 N–H and O–H groups in total. The van der Waals surface area contributed by atoms with Crippen LogP contribution < -0.4 is 10.1 Å². The van der Waals surface area contributed by atoms with Gasteiger partial charge in [0, 0.05) is 31.9 Å². The van der Waals surface area contributed by atoms with Crippen molar-refractivity contribution >= 4 is 11.8 Å². The van der Waals surface area contributed by atoms with Gasteiger partial charge in [-0.2, -0.15) is 0 Å². The highest BCUT2D eigenvalue weighted by atomic mass is 16.5. The van der Waals surface area contributed by atoms with Crippen molar-refractivity contribution in [2.24, 2.45) is 5.92 Å². The number of rotatable bonds is 8. The highest BCUT2D eigenvalue weighted by molar-refractivity contribution is 5.89. The Bertz CT molecular complexity index is 724. The average molecular weight is 354 g/mol. The number of nitrogens with one attached hydrogen (secondary N) is 1. The van der Waals surface area contributed by atoms with E-state index in [0.717, 1.165) is 5.69 Å². The summed E-state index contributed by atoms with van der Waals surface area (Å²) in [6.45, 7) is 1.90. The van der Waals surface area contributed by atoms with Gasteiger partial charge in [0.2, 0.25) is 11.8 Å². The van der Waals surface area contributed by atoms with Crippen LogP contribution in [0.4, 0.5) is 0 Å². The molecular weight excluding hydrogens is 332 g/mol. The molecule has 1 atom stereocenters. The van der Waals surface area contributed by atoms with E-state index < -0.39 is 0 Å². The topological polar surface area (TPSA) is 84.4 Å². The molecule has 26 heavy (non-hydrogen) atoms. The number of carbonyl (C=O) groups excluding carboxylic acids is 2. The van der Waals surface area contributed by atoms with Gasteiger partial charge in [-0.05, 0) is 30.7 Å². The highest BCUT2D eigenvalue weighted by Crippen LogP contribution is 2.19. The van der Waals surface area contributed by atoms with Crippen LogP contribution in [0.25, 0.3) is 0 Å². The number of pyridine rings is 2. The van der Waals surface area contributed by atoms with Crippen LogP contribution in [0.2, 0.25) is 0 Å². The number of amides is 2. The van der Waals surface area contributed by atoms with E-state index in [1.54, 1.807) is 23.5 Å². The summed E-state index contributed by atoms with van der Waals surface area (Å²) in [7, 11) is 0. The van der Waals surface area contributed by atoms with Crippen molar-refractivity contribution < 1.29 is 14.3 Å². The maximum atomic E-state index is 12.3. The van der Waals surface area contributed by atoms with Crippen LogP contribution in [0.3, 0.4) is 0 Å². The second kappa shape index (κ2) is 8.94. The second-order valence-electron chi connectivity index (χ2n) is 6.18. The SMILES string of the molecule is O=C(NCCCOc1cccnc1)[C@@H]1CC(=O)N(Cc2ccccn2)C1. The van der Waals surface area contributed by atoms with E-state index in [-0.39, 0.29) is 24.2 Å². The maximum absolute atomic E-state index is 12.3. The minimum atomic E-state index is -0.301. The summed E-state index contributed by atoms with van der Waals surface area (Å²) in [6.07, 6.45) is 5.99. The van der Waals surface area contributed by atoms with Crippen molar-refractivity contribution in [1.29, 1.82) is 0 Å². The number of nitrogens with zero attached hydrogens (tertiary/aromatic N) is 3. The van der Waals surface area contributed by atoms with Gasteiger partial charge in [-0.25, -0.2) is 0 Å².